The molecule has 1 unspecified atom stereocenters. The summed E-state index contributed by atoms with van der Waals surface area (Å²) < 4.78 is 39.8. The predicted octanol–water partition coefficient (Wildman–Crippen LogP) is 3.68. The standard InChI is InChI=1S/C18H16BrFN2O4S2/c1-10(18(24)22-14-4-2-11(19)6-13(14)20)9-28(25,26)12-3-5-16-15(7-12)21-17(23)8-27-16/h2-7,10H,8-9H2,1H3,(H,21,23)(H,22,24). The highest BCUT2D eigenvalue weighted by Crippen LogP contribution is 2.33. The molecule has 1 aliphatic heterocycles. The second kappa shape index (κ2) is 8.22. The van der Waals surface area contributed by atoms with Gasteiger partial charge in [-0.2, -0.15) is 0 Å². The lowest BCUT2D eigenvalue weighted by Crippen LogP contribution is -2.27. The van der Waals surface area contributed by atoms with Crippen molar-refractivity contribution < 1.29 is 22.4 Å². The number of hydrogen-bond donors (Lipinski definition) is 2. The number of anilines is 2. The summed E-state index contributed by atoms with van der Waals surface area (Å²) in [5, 5.41) is 5.05. The summed E-state index contributed by atoms with van der Waals surface area (Å²) in [6, 6.07) is 8.65. The van der Waals surface area contributed by atoms with Gasteiger partial charge in [0, 0.05) is 15.3 Å². The fourth-order valence-corrected chi connectivity index (χ4v) is 5.30. The van der Waals surface area contributed by atoms with Gasteiger partial charge in [-0.15, -0.1) is 11.8 Å². The van der Waals surface area contributed by atoms with Crippen LogP contribution >= 0.6 is 27.7 Å². The minimum absolute atomic E-state index is 0.0172. The monoisotopic (exact) mass is 486 g/mol. The van der Waals surface area contributed by atoms with Gasteiger partial charge in [0.25, 0.3) is 0 Å². The van der Waals surface area contributed by atoms with E-state index in [-0.39, 0.29) is 22.2 Å². The number of thioether (sulfide) groups is 1. The third-order valence-corrected chi connectivity index (χ3v) is 7.53. The van der Waals surface area contributed by atoms with Gasteiger partial charge in [-0.25, -0.2) is 12.8 Å². The zero-order chi connectivity index (χ0) is 20.5. The van der Waals surface area contributed by atoms with Crippen LogP contribution in [0.5, 0.6) is 0 Å². The molecule has 6 nitrogen and oxygen atoms in total. The van der Waals surface area contributed by atoms with Crippen LogP contribution in [0.25, 0.3) is 0 Å². The quantitative estimate of drug-likeness (QED) is 0.672. The molecule has 0 fully saturated rings. The van der Waals surface area contributed by atoms with E-state index in [1.165, 1.54) is 43.0 Å². The van der Waals surface area contributed by atoms with E-state index < -0.39 is 33.2 Å². The van der Waals surface area contributed by atoms with E-state index in [1.807, 2.05) is 0 Å². The number of carbonyl (C=O) groups is 2. The molecule has 2 aromatic rings. The molecule has 2 aromatic carbocycles. The highest BCUT2D eigenvalue weighted by Gasteiger charge is 2.26. The van der Waals surface area contributed by atoms with E-state index >= 15 is 0 Å². The number of amides is 2. The maximum Gasteiger partial charge on any atom is 0.234 e. The first-order chi connectivity index (χ1) is 13.2. The largest absolute Gasteiger partial charge is 0.324 e. The molecule has 0 aromatic heterocycles. The lowest BCUT2D eigenvalue weighted by atomic mass is 10.2. The molecular weight excluding hydrogens is 471 g/mol. The van der Waals surface area contributed by atoms with Crippen molar-refractivity contribution in [3.05, 3.63) is 46.7 Å². The maximum atomic E-state index is 13.9. The third-order valence-electron chi connectivity index (χ3n) is 4.05. The molecule has 0 spiro atoms. The number of carbonyl (C=O) groups excluding carboxylic acids is 2. The van der Waals surface area contributed by atoms with Crippen LogP contribution in [0.15, 0.2) is 50.7 Å². The maximum absolute atomic E-state index is 13.9. The SMILES string of the molecule is CC(CS(=O)(=O)c1ccc2c(c1)NC(=O)CS2)C(=O)Nc1ccc(Br)cc1F. The molecule has 3 rings (SSSR count). The predicted molar refractivity (Wildman–Crippen MR) is 110 cm³/mol. The van der Waals surface area contributed by atoms with Crippen LogP contribution in [0.2, 0.25) is 0 Å². The Kier molecular flexibility index (Phi) is 6.11. The van der Waals surface area contributed by atoms with Gasteiger partial charge in [-0.1, -0.05) is 22.9 Å². The molecule has 1 heterocycles. The van der Waals surface area contributed by atoms with E-state index in [4.69, 9.17) is 0 Å². The third kappa shape index (κ3) is 4.73. The molecule has 28 heavy (non-hydrogen) atoms. The Bertz CT molecular complexity index is 1060. The molecule has 0 saturated carbocycles. The van der Waals surface area contributed by atoms with Crippen molar-refractivity contribution in [2.24, 2.45) is 5.92 Å². The van der Waals surface area contributed by atoms with Gasteiger partial charge < -0.3 is 10.6 Å². The van der Waals surface area contributed by atoms with Crippen LogP contribution in [-0.2, 0) is 19.4 Å². The Morgan fingerprint density at radius 2 is 2.07 bits per heavy atom. The Hall–Kier alpha value is -1.91. The van der Waals surface area contributed by atoms with Crippen LogP contribution in [-0.4, -0.2) is 31.7 Å². The first-order valence-electron chi connectivity index (χ1n) is 8.21. The number of benzene rings is 2. The summed E-state index contributed by atoms with van der Waals surface area (Å²) in [5.41, 5.74) is 0.419. The number of nitrogens with one attached hydrogen (secondary N) is 2. The van der Waals surface area contributed by atoms with Crippen molar-refractivity contribution in [2.45, 2.75) is 16.7 Å². The molecule has 0 bridgehead atoms. The minimum atomic E-state index is -3.79. The van der Waals surface area contributed by atoms with Crippen LogP contribution in [0.1, 0.15) is 6.92 Å². The van der Waals surface area contributed by atoms with Gasteiger partial charge in [-0.3, -0.25) is 9.59 Å². The van der Waals surface area contributed by atoms with Gasteiger partial charge in [0.15, 0.2) is 9.84 Å². The Morgan fingerprint density at radius 3 is 2.79 bits per heavy atom. The van der Waals surface area contributed by atoms with Gasteiger partial charge >= 0.3 is 0 Å². The van der Waals surface area contributed by atoms with Crippen molar-refractivity contribution in [1.82, 2.24) is 0 Å². The lowest BCUT2D eigenvalue weighted by molar-refractivity contribution is -0.118. The Morgan fingerprint density at radius 1 is 1.32 bits per heavy atom. The van der Waals surface area contributed by atoms with E-state index in [1.54, 1.807) is 12.1 Å². The van der Waals surface area contributed by atoms with Crippen molar-refractivity contribution in [1.29, 1.82) is 0 Å². The Balaban J connectivity index is 1.73. The van der Waals surface area contributed by atoms with Crippen LogP contribution in [0, 0.1) is 11.7 Å². The van der Waals surface area contributed by atoms with Crippen molar-refractivity contribution >= 4 is 60.7 Å². The van der Waals surface area contributed by atoms with E-state index in [2.05, 4.69) is 26.6 Å². The fourth-order valence-electron chi connectivity index (χ4n) is 2.60. The van der Waals surface area contributed by atoms with Crippen LogP contribution in [0.4, 0.5) is 15.8 Å². The molecule has 148 valence electrons. The number of rotatable bonds is 5. The molecule has 1 aliphatic rings. The number of hydrogen-bond acceptors (Lipinski definition) is 5. The molecule has 0 saturated heterocycles. The van der Waals surface area contributed by atoms with Gasteiger partial charge in [-0.05, 0) is 36.4 Å². The highest BCUT2D eigenvalue weighted by molar-refractivity contribution is 9.10. The van der Waals surface area contributed by atoms with Crippen LogP contribution < -0.4 is 10.6 Å². The summed E-state index contributed by atoms with van der Waals surface area (Å²) in [5.74, 6) is -2.50. The average molecular weight is 487 g/mol. The molecule has 1 atom stereocenters. The zero-order valence-corrected chi connectivity index (χ0v) is 17.9. The summed E-state index contributed by atoms with van der Waals surface area (Å²) in [4.78, 5) is 24.6. The highest BCUT2D eigenvalue weighted by atomic mass is 79.9. The molecule has 0 aliphatic carbocycles. The van der Waals surface area contributed by atoms with E-state index in [0.717, 1.165) is 4.90 Å². The molecule has 2 amide bonds. The molecule has 10 heteroatoms. The first kappa shape index (κ1) is 20.8. The first-order valence-corrected chi connectivity index (χ1v) is 11.6. The number of sulfone groups is 1. The summed E-state index contributed by atoms with van der Waals surface area (Å²) in [6.45, 7) is 1.46. The van der Waals surface area contributed by atoms with Crippen molar-refractivity contribution in [3.63, 3.8) is 0 Å². The second-order valence-corrected chi connectivity index (χ2v) is 10.3. The number of fused-ring (bicyclic) bond motifs is 1. The van der Waals surface area contributed by atoms with Crippen LogP contribution in [0.3, 0.4) is 0 Å². The number of halogens is 2. The summed E-state index contributed by atoms with van der Waals surface area (Å²) in [6.07, 6.45) is 0. The van der Waals surface area contributed by atoms with E-state index in [9.17, 15) is 22.4 Å². The average Bonchev–Trinajstić information content (AvgIpc) is 2.62. The minimum Gasteiger partial charge on any atom is -0.324 e. The van der Waals surface area contributed by atoms with Crippen molar-refractivity contribution in [3.8, 4) is 0 Å². The lowest BCUT2D eigenvalue weighted by Gasteiger charge is -2.18. The smallest absolute Gasteiger partial charge is 0.234 e. The normalized spacial score (nSPS) is 14.8. The summed E-state index contributed by atoms with van der Waals surface area (Å²) >= 11 is 4.46. The zero-order valence-electron chi connectivity index (χ0n) is 14.7. The topological polar surface area (TPSA) is 92.3 Å². The van der Waals surface area contributed by atoms with Crippen molar-refractivity contribution in [2.75, 3.05) is 22.1 Å². The second-order valence-electron chi connectivity index (χ2n) is 6.29. The molecular formula is C18H16BrFN2O4S2. The Labute approximate surface area is 174 Å². The van der Waals surface area contributed by atoms with Gasteiger partial charge in [0.1, 0.15) is 5.82 Å². The summed E-state index contributed by atoms with van der Waals surface area (Å²) in [7, 11) is -3.79. The van der Waals surface area contributed by atoms with Gasteiger partial charge in [0.2, 0.25) is 11.8 Å². The van der Waals surface area contributed by atoms with Gasteiger partial charge in [0.05, 0.1) is 27.8 Å². The van der Waals surface area contributed by atoms with E-state index in [0.29, 0.717) is 10.2 Å². The molecule has 2 N–H and O–H groups in total. The fraction of sp³-hybridized carbons (Fsp3) is 0.222. The molecule has 0 radical (unpaired) electrons.